The average Bonchev–Trinajstić information content (AvgIpc) is 2.56. The van der Waals surface area contributed by atoms with Crippen LogP contribution in [0.15, 0.2) is 48.5 Å². The zero-order valence-electron chi connectivity index (χ0n) is 12.5. The van der Waals surface area contributed by atoms with E-state index in [2.05, 4.69) is 17.6 Å². The smallest absolute Gasteiger partial charge is 0.251 e. The number of ether oxygens (including phenoxy) is 1. The van der Waals surface area contributed by atoms with Gasteiger partial charge in [-0.05, 0) is 30.0 Å². The second-order valence-corrected chi connectivity index (χ2v) is 6.20. The Balaban J connectivity index is 1.76. The fourth-order valence-electron chi connectivity index (χ4n) is 2.70. The standard InChI is InChI=1S/C18H19NO2S/c1-22-12-13-5-4-6-14(11-13)18(20)19-16-9-10-21-17-8-3-2-7-15(16)17/h2-8,11,16H,9-10,12H2,1H3,(H,19,20). The van der Waals surface area contributed by atoms with E-state index in [1.54, 1.807) is 11.8 Å². The second kappa shape index (κ2) is 6.88. The van der Waals surface area contributed by atoms with Crippen LogP contribution < -0.4 is 10.1 Å². The van der Waals surface area contributed by atoms with Gasteiger partial charge in [0.1, 0.15) is 5.75 Å². The fraction of sp³-hybridized carbons (Fsp3) is 0.278. The molecule has 0 aromatic heterocycles. The number of carbonyl (C=O) groups is 1. The lowest BCUT2D eigenvalue weighted by Crippen LogP contribution is -2.32. The van der Waals surface area contributed by atoms with E-state index in [1.807, 2.05) is 42.5 Å². The van der Waals surface area contributed by atoms with Crippen LogP contribution in [0.25, 0.3) is 0 Å². The number of nitrogens with one attached hydrogen (secondary N) is 1. The highest BCUT2D eigenvalue weighted by atomic mass is 32.2. The summed E-state index contributed by atoms with van der Waals surface area (Å²) >= 11 is 1.75. The van der Waals surface area contributed by atoms with Crippen LogP contribution in [0.2, 0.25) is 0 Å². The quantitative estimate of drug-likeness (QED) is 0.933. The lowest BCUT2D eigenvalue weighted by molar-refractivity contribution is 0.0924. The Kier molecular flexibility index (Phi) is 4.68. The van der Waals surface area contributed by atoms with Gasteiger partial charge in [-0.25, -0.2) is 0 Å². The van der Waals surface area contributed by atoms with Gasteiger partial charge < -0.3 is 10.1 Å². The molecule has 22 heavy (non-hydrogen) atoms. The lowest BCUT2D eigenvalue weighted by atomic mass is 10.00. The Hall–Kier alpha value is -1.94. The summed E-state index contributed by atoms with van der Waals surface area (Å²) in [7, 11) is 0. The van der Waals surface area contributed by atoms with E-state index >= 15 is 0 Å². The number of hydrogen-bond donors (Lipinski definition) is 1. The molecule has 1 aliphatic heterocycles. The van der Waals surface area contributed by atoms with Gasteiger partial charge in [-0.3, -0.25) is 4.79 Å². The Labute approximate surface area is 135 Å². The minimum Gasteiger partial charge on any atom is -0.493 e. The molecule has 3 nitrogen and oxygen atoms in total. The molecule has 1 N–H and O–H groups in total. The first-order valence-electron chi connectivity index (χ1n) is 7.38. The third-order valence-electron chi connectivity index (χ3n) is 3.76. The van der Waals surface area contributed by atoms with E-state index in [9.17, 15) is 4.79 Å². The number of thioether (sulfide) groups is 1. The molecule has 0 aliphatic carbocycles. The van der Waals surface area contributed by atoms with Gasteiger partial charge in [-0.1, -0.05) is 30.3 Å². The van der Waals surface area contributed by atoms with Crippen molar-refractivity contribution >= 4 is 17.7 Å². The molecule has 2 aromatic rings. The molecule has 1 amide bonds. The van der Waals surface area contributed by atoms with Gasteiger partial charge in [0.15, 0.2) is 0 Å². The first-order valence-corrected chi connectivity index (χ1v) is 8.78. The number of carbonyl (C=O) groups excluding carboxylic acids is 1. The highest BCUT2D eigenvalue weighted by Crippen LogP contribution is 2.31. The highest BCUT2D eigenvalue weighted by Gasteiger charge is 2.23. The van der Waals surface area contributed by atoms with Crippen molar-refractivity contribution in [2.75, 3.05) is 12.9 Å². The zero-order valence-corrected chi connectivity index (χ0v) is 13.4. The molecule has 1 unspecified atom stereocenters. The van der Waals surface area contributed by atoms with Crippen LogP contribution in [0.4, 0.5) is 0 Å². The van der Waals surface area contributed by atoms with Crippen LogP contribution in [0.1, 0.15) is 33.9 Å². The van der Waals surface area contributed by atoms with Crippen LogP contribution >= 0.6 is 11.8 Å². The number of fused-ring (bicyclic) bond motifs is 1. The van der Waals surface area contributed by atoms with Crippen LogP contribution in [-0.2, 0) is 5.75 Å². The number of benzene rings is 2. The van der Waals surface area contributed by atoms with Crippen LogP contribution in [0.5, 0.6) is 5.75 Å². The van der Waals surface area contributed by atoms with Crippen molar-refractivity contribution in [3.05, 3.63) is 65.2 Å². The van der Waals surface area contributed by atoms with Crippen LogP contribution in [-0.4, -0.2) is 18.8 Å². The van der Waals surface area contributed by atoms with Gasteiger partial charge >= 0.3 is 0 Å². The monoisotopic (exact) mass is 313 g/mol. The average molecular weight is 313 g/mol. The van der Waals surface area contributed by atoms with Crippen molar-refractivity contribution in [1.29, 1.82) is 0 Å². The summed E-state index contributed by atoms with van der Waals surface area (Å²) in [5.41, 5.74) is 2.95. The maximum atomic E-state index is 12.5. The molecule has 4 heteroatoms. The van der Waals surface area contributed by atoms with Gasteiger partial charge in [-0.15, -0.1) is 0 Å². The summed E-state index contributed by atoms with van der Waals surface area (Å²) in [5.74, 6) is 1.76. The third kappa shape index (κ3) is 3.28. The molecular formula is C18H19NO2S. The normalized spacial score (nSPS) is 16.5. The van der Waals surface area contributed by atoms with E-state index in [0.717, 1.165) is 29.1 Å². The number of hydrogen-bond acceptors (Lipinski definition) is 3. The Bertz CT molecular complexity index is 672. The number of rotatable bonds is 4. The molecule has 3 rings (SSSR count). The topological polar surface area (TPSA) is 38.3 Å². The molecule has 0 spiro atoms. The maximum absolute atomic E-state index is 12.5. The van der Waals surface area contributed by atoms with Gasteiger partial charge in [0.25, 0.3) is 5.91 Å². The molecule has 0 fully saturated rings. The fourth-order valence-corrected chi connectivity index (χ4v) is 3.22. The van der Waals surface area contributed by atoms with Crippen molar-refractivity contribution in [2.45, 2.75) is 18.2 Å². The third-order valence-corrected chi connectivity index (χ3v) is 4.39. The molecule has 0 radical (unpaired) electrons. The molecule has 0 saturated carbocycles. The Morgan fingerprint density at radius 1 is 1.27 bits per heavy atom. The van der Waals surface area contributed by atoms with E-state index < -0.39 is 0 Å². The summed E-state index contributed by atoms with van der Waals surface area (Å²) in [6.45, 7) is 0.633. The predicted molar refractivity (Wildman–Crippen MR) is 90.4 cm³/mol. The van der Waals surface area contributed by atoms with Crippen molar-refractivity contribution in [3.8, 4) is 5.75 Å². The Morgan fingerprint density at radius 2 is 2.14 bits per heavy atom. The predicted octanol–water partition coefficient (Wildman–Crippen LogP) is 3.80. The molecule has 2 aromatic carbocycles. The number of para-hydroxylation sites is 1. The molecule has 114 valence electrons. The second-order valence-electron chi connectivity index (χ2n) is 5.33. The van der Waals surface area contributed by atoms with Crippen molar-refractivity contribution in [3.63, 3.8) is 0 Å². The van der Waals surface area contributed by atoms with Gasteiger partial charge in [0, 0.05) is 23.3 Å². The van der Waals surface area contributed by atoms with Crippen molar-refractivity contribution in [2.24, 2.45) is 0 Å². The van der Waals surface area contributed by atoms with E-state index in [4.69, 9.17) is 4.74 Å². The van der Waals surface area contributed by atoms with Crippen LogP contribution in [0, 0.1) is 0 Å². The van der Waals surface area contributed by atoms with Crippen LogP contribution in [0.3, 0.4) is 0 Å². The maximum Gasteiger partial charge on any atom is 0.251 e. The van der Waals surface area contributed by atoms with E-state index in [0.29, 0.717) is 6.61 Å². The minimum absolute atomic E-state index is 0.0154. The molecule has 1 aliphatic rings. The first kappa shape index (κ1) is 15.0. The molecular weight excluding hydrogens is 294 g/mol. The van der Waals surface area contributed by atoms with Gasteiger partial charge in [-0.2, -0.15) is 11.8 Å². The SMILES string of the molecule is CSCc1cccc(C(=O)NC2CCOc3ccccc32)c1. The Morgan fingerprint density at radius 3 is 3.00 bits per heavy atom. The zero-order chi connectivity index (χ0) is 15.4. The summed E-state index contributed by atoms with van der Waals surface area (Å²) in [5, 5.41) is 3.13. The molecule has 1 heterocycles. The van der Waals surface area contributed by atoms with E-state index in [-0.39, 0.29) is 11.9 Å². The molecule has 0 saturated heterocycles. The number of amides is 1. The summed E-state index contributed by atoms with van der Waals surface area (Å²) in [4.78, 5) is 12.5. The van der Waals surface area contributed by atoms with Gasteiger partial charge in [0.2, 0.25) is 0 Å². The summed E-state index contributed by atoms with van der Waals surface area (Å²) in [6, 6.07) is 15.7. The van der Waals surface area contributed by atoms with Crippen molar-refractivity contribution in [1.82, 2.24) is 5.32 Å². The summed E-state index contributed by atoms with van der Waals surface area (Å²) in [6.07, 6.45) is 2.86. The summed E-state index contributed by atoms with van der Waals surface area (Å²) < 4.78 is 5.64. The lowest BCUT2D eigenvalue weighted by Gasteiger charge is -2.26. The van der Waals surface area contributed by atoms with Crippen molar-refractivity contribution < 1.29 is 9.53 Å². The highest BCUT2D eigenvalue weighted by molar-refractivity contribution is 7.97. The van der Waals surface area contributed by atoms with E-state index in [1.165, 1.54) is 5.56 Å². The molecule has 0 bridgehead atoms. The minimum atomic E-state index is -0.0235. The largest absolute Gasteiger partial charge is 0.493 e. The first-order chi connectivity index (χ1) is 10.8. The molecule has 1 atom stereocenters. The van der Waals surface area contributed by atoms with Gasteiger partial charge in [0.05, 0.1) is 12.6 Å².